The average Bonchev–Trinajstić information content (AvgIpc) is 2.38. The third kappa shape index (κ3) is 3.03. The number of aryl methyl sites for hydroxylation is 2. The minimum atomic E-state index is 0.0329. The van der Waals surface area contributed by atoms with Gasteiger partial charge < -0.3 is 4.90 Å². The Morgan fingerprint density at radius 2 is 2.05 bits per heavy atom. The summed E-state index contributed by atoms with van der Waals surface area (Å²) in [6, 6.07) is 5.72. The third-order valence-electron chi connectivity index (χ3n) is 3.96. The zero-order valence-electron chi connectivity index (χ0n) is 11.9. The van der Waals surface area contributed by atoms with Gasteiger partial charge in [-0.15, -0.1) is 0 Å². The Balaban J connectivity index is 2.08. The Morgan fingerprint density at radius 3 is 2.74 bits per heavy atom. The standard InChI is InChI=1S/C16H21NO2/c1-11-6-7-14(9-13(11)3)15(18)10-17-8-4-5-12(2)16(17)19/h6-7,9,12H,4-5,8,10H2,1-3H3. The molecule has 0 N–H and O–H groups in total. The van der Waals surface area contributed by atoms with Gasteiger partial charge in [-0.3, -0.25) is 9.59 Å². The lowest BCUT2D eigenvalue weighted by atomic mass is 9.98. The first-order chi connectivity index (χ1) is 8.99. The second kappa shape index (κ2) is 5.55. The molecular formula is C16H21NO2. The van der Waals surface area contributed by atoms with Gasteiger partial charge in [0.1, 0.15) is 0 Å². The van der Waals surface area contributed by atoms with Gasteiger partial charge >= 0.3 is 0 Å². The highest BCUT2D eigenvalue weighted by atomic mass is 16.2. The van der Waals surface area contributed by atoms with Crippen LogP contribution in [0.15, 0.2) is 18.2 Å². The number of carbonyl (C=O) groups is 2. The highest BCUT2D eigenvalue weighted by Crippen LogP contribution is 2.18. The van der Waals surface area contributed by atoms with Crippen molar-refractivity contribution in [1.29, 1.82) is 0 Å². The first kappa shape index (κ1) is 13.8. The molecule has 1 aliphatic rings. The molecule has 1 atom stereocenters. The molecule has 0 saturated carbocycles. The lowest BCUT2D eigenvalue weighted by molar-refractivity contribution is -0.137. The molecule has 102 valence electrons. The van der Waals surface area contributed by atoms with Crippen LogP contribution in [0.3, 0.4) is 0 Å². The SMILES string of the molecule is Cc1ccc(C(=O)CN2CCCC(C)C2=O)cc1C. The molecule has 0 bridgehead atoms. The van der Waals surface area contributed by atoms with Crippen molar-refractivity contribution < 1.29 is 9.59 Å². The minimum Gasteiger partial charge on any atom is -0.335 e. The number of rotatable bonds is 3. The van der Waals surface area contributed by atoms with E-state index in [-0.39, 0.29) is 24.2 Å². The summed E-state index contributed by atoms with van der Waals surface area (Å²) >= 11 is 0. The number of carbonyl (C=O) groups excluding carboxylic acids is 2. The molecule has 1 unspecified atom stereocenters. The van der Waals surface area contributed by atoms with Crippen LogP contribution in [0.4, 0.5) is 0 Å². The number of hydrogen-bond donors (Lipinski definition) is 0. The topological polar surface area (TPSA) is 37.4 Å². The normalized spacial score (nSPS) is 19.6. The molecule has 1 aliphatic heterocycles. The molecule has 1 aromatic carbocycles. The number of ketones is 1. The number of nitrogens with zero attached hydrogens (tertiary/aromatic N) is 1. The van der Waals surface area contributed by atoms with Crippen LogP contribution in [0.2, 0.25) is 0 Å². The fourth-order valence-corrected chi connectivity index (χ4v) is 2.47. The number of hydrogen-bond acceptors (Lipinski definition) is 2. The van der Waals surface area contributed by atoms with Gasteiger partial charge in [-0.1, -0.05) is 19.1 Å². The second-order valence-corrected chi connectivity index (χ2v) is 5.53. The Morgan fingerprint density at radius 1 is 1.32 bits per heavy atom. The van der Waals surface area contributed by atoms with Crippen molar-refractivity contribution in [3.8, 4) is 0 Å². The van der Waals surface area contributed by atoms with E-state index in [0.717, 1.165) is 18.4 Å². The molecule has 1 aromatic rings. The summed E-state index contributed by atoms with van der Waals surface area (Å²) in [6.07, 6.45) is 1.93. The summed E-state index contributed by atoms with van der Waals surface area (Å²) in [4.78, 5) is 25.9. The Hall–Kier alpha value is -1.64. The fourth-order valence-electron chi connectivity index (χ4n) is 2.47. The van der Waals surface area contributed by atoms with E-state index in [4.69, 9.17) is 0 Å². The van der Waals surface area contributed by atoms with E-state index >= 15 is 0 Å². The maximum absolute atomic E-state index is 12.2. The second-order valence-electron chi connectivity index (χ2n) is 5.53. The van der Waals surface area contributed by atoms with Crippen molar-refractivity contribution in [2.75, 3.05) is 13.1 Å². The molecular weight excluding hydrogens is 238 g/mol. The van der Waals surface area contributed by atoms with Gasteiger partial charge in [0.05, 0.1) is 6.54 Å². The van der Waals surface area contributed by atoms with Gasteiger partial charge in [-0.25, -0.2) is 0 Å². The first-order valence-electron chi connectivity index (χ1n) is 6.88. The monoisotopic (exact) mass is 259 g/mol. The highest BCUT2D eigenvalue weighted by molar-refractivity contribution is 5.99. The molecule has 1 saturated heterocycles. The summed E-state index contributed by atoms with van der Waals surface area (Å²) in [5.41, 5.74) is 3.00. The molecule has 0 radical (unpaired) electrons. The van der Waals surface area contributed by atoms with Crippen molar-refractivity contribution in [2.45, 2.75) is 33.6 Å². The molecule has 1 amide bonds. The van der Waals surface area contributed by atoms with Crippen LogP contribution in [0, 0.1) is 19.8 Å². The Kier molecular flexibility index (Phi) is 4.03. The van der Waals surface area contributed by atoms with Crippen molar-refractivity contribution in [3.05, 3.63) is 34.9 Å². The average molecular weight is 259 g/mol. The largest absolute Gasteiger partial charge is 0.335 e. The summed E-state index contributed by atoms with van der Waals surface area (Å²) in [5, 5.41) is 0. The summed E-state index contributed by atoms with van der Waals surface area (Å²) in [7, 11) is 0. The van der Waals surface area contributed by atoms with E-state index in [9.17, 15) is 9.59 Å². The Bertz CT molecular complexity index is 507. The van der Waals surface area contributed by atoms with Crippen LogP contribution in [0.1, 0.15) is 41.3 Å². The van der Waals surface area contributed by atoms with Crippen LogP contribution in [-0.2, 0) is 4.79 Å². The van der Waals surface area contributed by atoms with Gasteiger partial charge in [-0.2, -0.15) is 0 Å². The predicted octanol–water partition coefficient (Wildman–Crippen LogP) is 2.74. The molecule has 1 fully saturated rings. The Labute approximate surface area is 114 Å². The highest BCUT2D eigenvalue weighted by Gasteiger charge is 2.26. The van der Waals surface area contributed by atoms with Crippen LogP contribution >= 0.6 is 0 Å². The van der Waals surface area contributed by atoms with Crippen molar-refractivity contribution in [1.82, 2.24) is 4.90 Å². The van der Waals surface area contributed by atoms with E-state index < -0.39 is 0 Å². The zero-order valence-corrected chi connectivity index (χ0v) is 11.9. The molecule has 19 heavy (non-hydrogen) atoms. The van der Waals surface area contributed by atoms with E-state index in [1.165, 1.54) is 5.56 Å². The van der Waals surface area contributed by atoms with Gasteiger partial charge in [0.15, 0.2) is 5.78 Å². The number of likely N-dealkylation sites (tertiary alicyclic amines) is 1. The number of amides is 1. The van der Waals surface area contributed by atoms with Crippen molar-refractivity contribution in [2.24, 2.45) is 5.92 Å². The maximum atomic E-state index is 12.2. The van der Waals surface area contributed by atoms with E-state index in [0.29, 0.717) is 12.1 Å². The molecule has 3 heteroatoms. The fraction of sp³-hybridized carbons (Fsp3) is 0.500. The molecule has 0 aromatic heterocycles. The third-order valence-corrected chi connectivity index (χ3v) is 3.96. The van der Waals surface area contributed by atoms with Crippen LogP contribution < -0.4 is 0 Å². The van der Waals surface area contributed by atoms with Crippen LogP contribution in [0.5, 0.6) is 0 Å². The quantitative estimate of drug-likeness (QED) is 0.783. The number of Topliss-reactive ketones (excluding diaryl/α,β-unsaturated/α-hetero) is 1. The molecule has 1 heterocycles. The number of benzene rings is 1. The maximum Gasteiger partial charge on any atom is 0.225 e. The van der Waals surface area contributed by atoms with Gasteiger partial charge in [0.25, 0.3) is 0 Å². The molecule has 0 aliphatic carbocycles. The molecule has 2 rings (SSSR count). The van der Waals surface area contributed by atoms with Gasteiger partial charge in [0, 0.05) is 18.0 Å². The predicted molar refractivity (Wildman–Crippen MR) is 75.2 cm³/mol. The zero-order chi connectivity index (χ0) is 14.0. The van der Waals surface area contributed by atoms with Crippen molar-refractivity contribution in [3.63, 3.8) is 0 Å². The van der Waals surface area contributed by atoms with Crippen LogP contribution in [-0.4, -0.2) is 29.7 Å². The lowest BCUT2D eigenvalue weighted by Crippen LogP contribution is -2.43. The van der Waals surface area contributed by atoms with Gasteiger partial charge in [-0.05, 0) is 43.9 Å². The summed E-state index contributed by atoms with van der Waals surface area (Å²) in [6.45, 7) is 6.89. The van der Waals surface area contributed by atoms with E-state index in [1.807, 2.05) is 39.0 Å². The lowest BCUT2D eigenvalue weighted by Gasteiger charge is -2.30. The summed E-state index contributed by atoms with van der Waals surface area (Å²) < 4.78 is 0. The van der Waals surface area contributed by atoms with Gasteiger partial charge in [0.2, 0.25) is 5.91 Å². The molecule has 0 spiro atoms. The van der Waals surface area contributed by atoms with Crippen molar-refractivity contribution >= 4 is 11.7 Å². The minimum absolute atomic E-state index is 0.0329. The summed E-state index contributed by atoms with van der Waals surface area (Å²) in [5.74, 6) is 0.204. The first-order valence-corrected chi connectivity index (χ1v) is 6.88. The smallest absolute Gasteiger partial charge is 0.225 e. The molecule has 3 nitrogen and oxygen atoms in total. The number of piperidine rings is 1. The van der Waals surface area contributed by atoms with E-state index in [1.54, 1.807) is 4.90 Å². The van der Waals surface area contributed by atoms with Crippen LogP contribution in [0.25, 0.3) is 0 Å². The van der Waals surface area contributed by atoms with E-state index in [2.05, 4.69) is 0 Å².